The Morgan fingerprint density at radius 2 is 2.12 bits per heavy atom. The summed E-state index contributed by atoms with van der Waals surface area (Å²) in [6, 6.07) is 9.99. The van der Waals surface area contributed by atoms with Crippen molar-refractivity contribution in [1.82, 2.24) is 9.88 Å². The molecule has 17 heavy (non-hydrogen) atoms. The number of β-amino-alcohol motifs (C(OH)–C–C–N with tert-alkyl or cyclic N) is 1. The Bertz CT molecular complexity index is 549. The number of nitrogens with zero attached hydrogens (tertiary/aromatic N) is 2. The van der Waals surface area contributed by atoms with Gasteiger partial charge in [0.2, 0.25) is 0 Å². The van der Waals surface area contributed by atoms with E-state index in [1.807, 2.05) is 37.4 Å². The van der Waals surface area contributed by atoms with E-state index >= 15 is 0 Å². The molecule has 0 bridgehead atoms. The van der Waals surface area contributed by atoms with Gasteiger partial charge in [0.15, 0.2) is 0 Å². The second kappa shape index (κ2) is 3.79. The summed E-state index contributed by atoms with van der Waals surface area (Å²) in [5.41, 5.74) is 1.13. The number of benzene rings is 1. The van der Waals surface area contributed by atoms with Gasteiger partial charge in [-0.1, -0.05) is 24.3 Å². The third kappa shape index (κ3) is 1.72. The summed E-state index contributed by atoms with van der Waals surface area (Å²) in [5, 5.41) is 11.8. The molecule has 1 fully saturated rings. The van der Waals surface area contributed by atoms with E-state index in [0.29, 0.717) is 6.54 Å². The van der Waals surface area contributed by atoms with Gasteiger partial charge in [0.05, 0.1) is 5.52 Å². The average molecular weight is 228 g/mol. The maximum atomic E-state index is 10.7. The van der Waals surface area contributed by atoms with Crippen molar-refractivity contribution in [2.45, 2.75) is 12.0 Å². The zero-order chi connectivity index (χ0) is 11.9. The molecule has 0 saturated carbocycles. The van der Waals surface area contributed by atoms with Gasteiger partial charge in [0.1, 0.15) is 5.60 Å². The number of fused-ring (bicyclic) bond motifs is 1. The lowest BCUT2D eigenvalue weighted by Gasteiger charge is -2.24. The Labute approximate surface area is 101 Å². The number of aromatic nitrogens is 1. The maximum absolute atomic E-state index is 10.7. The fourth-order valence-electron chi connectivity index (χ4n) is 2.68. The summed E-state index contributed by atoms with van der Waals surface area (Å²) >= 11 is 0. The highest BCUT2D eigenvalue weighted by Gasteiger charge is 2.37. The van der Waals surface area contributed by atoms with Crippen LogP contribution in [0, 0.1) is 0 Å². The van der Waals surface area contributed by atoms with E-state index in [9.17, 15) is 5.11 Å². The van der Waals surface area contributed by atoms with Crippen molar-refractivity contribution < 1.29 is 5.11 Å². The van der Waals surface area contributed by atoms with Gasteiger partial charge >= 0.3 is 0 Å². The zero-order valence-electron chi connectivity index (χ0n) is 9.93. The van der Waals surface area contributed by atoms with Crippen LogP contribution in [-0.2, 0) is 5.60 Å². The number of likely N-dealkylation sites (tertiary alicyclic amines) is 1. The summed E-state index contributed by atoms with van der Waals surface area (Å²) in [4.78, 5) is 6.57. The minimum atomic E-state index is -0.747. The zero-order valence-corrected chi connectivity index (χ0v) is 9.93. The van der Waals surface area contributed by atoms with E-state index in [4.69, 9.17) is 0 Å². The second-order valence-electron chi connectivity index (χ2n) is 4.90. The van der Waals surface area contributed by atoms with Crippen molar-refractivity contribution in [3.05, 3.63) is 42.1 Å². The summed E-state index contributed by atoms with van der Waals surface area (Å²) in [7, 11) is 2.04. The van der Waals surface area contributed by atoms with Crippen LogP contribution in [-0.4, -0.2) is 35.1 Å². The number of aliphatic hydroxyl groups is 1. The molecule has 1 saturated heterocycles. The Hall–Kier alpha value is -1.45. The van der Waals surface area contributed by atoms with Crippen molar-refractivity contribution in [1.29, 1.82) is 0 Å². The maximum Gasteiger partial charge on any atom is 0.106 e. The first-order valence-corrected chi connectivity index (χ1v) is 5.94. The van der Waals surface area contributed by atoms with Crippen LogP contribution in [0.2, 0.25) is 0 Å². The lowest BCUT2D eigenvalue weighted by molar-refractivity contribution is 0.0502. The van der Waals surface area contributed by atoms with E-state index in [1.165, 1.54) is 0 Å². The molecule has 0 spiro atoms. The van der Waals surface area contributed by atoms with Gasteiger partial charge < -0.3 is 10.0 Å². The van der Waals surface area contributed by atoms with E-state index < -0.39 is 5.60 Å². The van der Waals surface area contributed by atoms with Gasteiger partial charge in [0.25, 0.3) is 0 Å². The standard InChI is InChI=1S/C14H16N2O/c1-16-9-7-14(17,10-16)12-6-2-4-11-5-3-8-15-13(11)12/h2-6,8,17H,7,9-10H2,1H3. The van der Waals surface area contributed by atoms with Crippen LogP contribution in [0.3, 0.4) is 0 Å². The number of hydrogen-bond acceptors (Lipinski definition) is 3. The van der Waals surface area contributed by atoms with Gasteiger partial charge in [-0.15, -0.1) is 0 Å². The largest absolute Gasteiger partial charge is 0.384 e. The fourth-order valence-corrected chi connectivity index (χ4v) is 2.68. The third-order valence-electron chi connectivity index (χ3n) is 3.57. The Balaban J connectivity index is 2.17. The molecular formula is C14H16N2O. The molecule has 0 radical (unpaired) electrons. The number of hydrogen-bond donors (Lipinski definition) is 1. The lowest BCUT2D eigenvalue weighted by atomic mass is 9.91. The summed E-state index contributed by atoms with van der Waals surface area (Å²) < 4.78 is 0. The van der Waals surface area contributed by atoms with Gasteiger partial charge in [-0.3, -0.25) is 4.98 Å². The first-order valence-electron chi connectivity index (χ1n) is 5.94. The van der Waals surface area contributed by atoms with Crippen molar-refractivity contribution in [3.63, 3.8) is 0 Å². The SMILES string of the molecule is CN1CCC(O)(c2cccc3cccnc23)C1. The van der Waals surface area contributed by atoms with E-state index in [-0.39, 0.29) is 0 Å². The van der Waals surface area contributed by atoms with E-state index in [2.05, 4.69) is 9.88 Å². The Kier molecular flexibility index (Phi) is 2.38. The molecule has 3 rings (SSSR count). The topological polar surface area (TPSA) is 36.4 Å². The highest BCUT2D eigenvalue weighted by molar-refractivity contribution is 5.82. The van der Waals surface area contributed by atoms with Crippen molar-refractivity contribution >= 4 is 10.9 Å². The molecule has 1 unspecified atom stereocenters. The monoisotopic (exact) mass is 228 g/mol. The number of rotatable bonds is 1. The molecule has 1 aromatic carbocycles. The molecule has 2 heterocycles. The smallest absolute Gasteiger partial charge is 0.106 e. The Morgan fingerprint density at radius 1 is 1.29 bits per heavy atom. The average Bonchev–Trinajstić information content (AvgIpc) is 2.70. The quantitative estimate of drug-likeness (QED) is 0.808. The summed E-state index contributed by atoms with van der Waals surface area (Å²) in [5.74, 6) is 0. The summed E-state index contributed by atoms with van der Waals surface area (Å²) in [6.45, 7) is 1.61. The molecule has 0 aliphatic carbocycles. The first kappa shape index (κ1) is 10.7. The van der Waals surface area contributed by atoms with Gasteiger partial charge in [0, 0.05) is 30.2 Å². The predicted octanol–water partition coefficient (Wildman–Crippen LogP) is 1.76. The fraction of sp³-hybridized carbons (Fsp3) is 0.357. The molecule has 88 valence electrons. The van der Waals surface area contributed by atoms with Crippen LogP contribution in [0.1, 0.15) is 12.0 Å². The van der Waals surface area contributed by atoms with Crippen LogP contribution in [0.15, 0.2) is 36.5 Å². The van der Waals surface area contributed by atoms with Crippen LogP contribution in [0.25, 0.3) is 10.9 Å². The van der Waals surface area contributed by atoms with E-state index in [1.54, 1.807) is 6.20 Å². The van der Waals surface area contributed by atoms with Gasteiger partial charge in [-0.05, 0) is 19.5 Å². The molecule has 1 atom stereocenters. The van der Waals surface area contributed by atoms with Gasteiger partial charge in [-0.25, -0.2) is 0 Å². The minimum Gasteiger partial charge on any atom is -0.384 e. The molecular weight excluding hydrogens is 212 g/mol. The van der Waals surface area contributed by atoms with Crippen LogP contribution in [0.4, 0.5) is 0 Å². The molecule has 1 aliphatic heterocycles. The van der Waals surface area contributed by atoms with Crippen LogP contribution >= 0.6 is 0 Å². The van der Waals surface area contributed by atoms with Crippen LogP contribution in [0.5, 0.6) is 0 Å². The highest BCUT2D eigenvalue weighted by Crippen LogP contribution is 2.34. The number of likely N-dealkylation sites (N-methyl/N-ethyl adjacent to an activating group) is 1. The summed E-state index contributed by atoms with van der Waals surface area (Å²) in [6.07, 6.45) is 2.56. The lowest BCUT2D eigenvalue weighted by Crippen LogP contribution is -2.29. The molecule has 3 heteroatoms. The van der Waals surface area contributed by atoms with E-state index in [0.717, 1.165) is 29.4 Å². The van der Waals surface area contributed by atoms with Crippen molar-refractivity contribution in [2.24, 2.45) is 0 Å². The molecule has 0 amide bonds. The molecule has 1 N–H and O–H groups in total. The molecule has 1 aliphatic rings. The normalized spacial score (nSPS) is 25.5. The number of pyridine rings is 1. The van der Waals surface area contributed by atoms with Crippen LogP contribution < -0.4 is 0 Å². The minimum absolute atomic E-state index is 0.683. The number of para-hydroxylation sites is 1. The second-order valence-corrected chi connectivity index (χ2v) is 4.90. The Morgan fingerprint density at radius 3 is 2.88 bits per heavy atom. The van der Waals surface area contributed by atoms with Gasteiger partial charge in [-0.2, -0.15) is 0 Å². The predicted molar refractivity (Wildman–Crippen MR) is 67.8 cm³/mol. The van der Waals surface area contributed by atoms with Crippen molar-refractivity contribution in [2.75, 3.05) is 20.1 Å². The third-order valence-corrected chi connectivity index (χ3v) is 3.57. The first-order chi connectivity index (χ1) is 8.19. The molecule has 1 aromatic heterocycles. The molecule has 2 aromatic rings. The van der Waals surface area contributed by atoms with Crippen molar-refractivity contribution in [3.8, 4) is 0 Å². The highest BCUT2D eigenvalue weighted by atomic mass is 16.3. The molecule has 3 nitrogen and oxygen atoms in total.